The summed E-state index contributed by atoms with van der Waals surface area (Å²) in [5.41, 5.74) is 6.41. The van der Waals surface area contributed by atoms with Crippen LogP contribution < -0.4 is 0 Å². The first kappa shape index (κ1) is 15.8. The number of aromatic nitrogens is 1. The van der Waals surface area contributed by atoms with Crippen LogP contribution in [0.2, 0.25) is 0 Å². The molecule has 5 rings (SSSR count). The predicted octanol–water partition coefficient (Wildman–Crippen LogP) is 4.03. The van der Waals surface area contributed by atoms with Gasteiger partial charge in [0, 0.05) is 24.9 Å². The summed E-state index contributed by atoms with van der Waals surface area (Å²) in [6, 6.07) is 12.5. The van der Waals surface area contributed by atoms with Crippen LogP contribution >= 0.6 is 11.3 Å². The van der Waals surface area contributed by atoms with Gasteiger partial charge in [-0.15, -0.1) is 0 Å². The monoisotopic (exact) mass is 360 g/mol. The van der Waals surface area contributed by atoms with Crippen LogP contribution in [0.3, 0.4) is 0 Å². The van der Waals surface area contributed by atoms with Crippen molar-refractivity contribution in [3.05, 3.63) is 87.4 Å². The Morgan fingerprint density at radius 1 is 1.04 bits per heavy atom. The number of carbonyl (C=O) groups is 1. The van der Waals surface area contributed by atoms with Gasteiger partial charge in [-0.05, 0) is 63.9 Å². The molecule has 1 aliphatic carbocycles. The molecule has 0 fully saturated rings. The van der Waals surface area contributed by atoms with E-state index in [0.717, 1.165) is 31.4 Å². The molecule has 1 amide bonds. The lowest BCUT2D eigenvalue weighted by Gasteiger charge is -2.39. The van der Waals surface area contributed by atoms with Crippen LogP contribution in [-0.2, 0) is 24.1 Å². The number of rotatable bonds is 2. The minimum absolute atomic E-state index is 0.0288. The van der Waals surface area contributed by atoms with E-state index in [1.54, 1.807) is 17.5 Å². The second-order valence-electron chi connectivity index (χ2n) is 7.20. The van der Waals surface area contributed by atoms with E-state index in [4.69, 9.17) is 0 Å². The zero-order chi connectivity index (χ0) is 17.5. The summed E-state index contributed by atoms with van der Waals surface area (Å²) in [5.74, 6) is 0.368. The van der Waals surface area contributed by atoms with Gasteiger partial charge in [0.2, 0.25) is 5.91 Å². The van der Waals surface area contributed by atoms with Crippen LogP contribution in [0.5, 0.6) is 0 Å². The summed E-state index contributed by atoms with van der Waals surface area (Å²) >= 11 is 1.75. The lowest BCUT2D eigenvalue weighted by Crippen LogP contribution is -2.44. The molecule has 0 spiro atoms. The molecule has 1 atom stereocenters. The van der Waals surface area contributed by atoms with Crippen LogP contribution in [0, 0.1) is 5.92 Å². The van der Waals surface area contributed by atoms with E-state index in [2.05, 4.69) is 51.0 Å². The van der Waals surface area contributed by atoms with Crippen molar-refractivity contribution < 1.29 is 4.79 Å². The van der Waals surface area contributed by atoms with Crippen molar-refractivity contribution in [3.63, 3.8) is 0 Å². The maximum atomic E-state index is 13.5. The molecule has 1 unspecified atom stereocenters. The van der Waals surface area contributed by atoms with Crippen molar-refractivity contribution in [2.45, 2.75) is 25.3 Å². The Kier molecular flexibility index (Phi) is 3.86. The quantitative estimate of drug-likeness (QED) is 0.691. The lowest BCUT2D eigenvalue weighted by molar-refractivity contribution is -0.137. The number of fused-ring (bicyclic) bond motifs is 2. The van der Waals surface area contributed by atoms with Gasteiger partial charge in [0.25, 0.3) is 0 Å². The Morgan fingerprint density at radius 2 is 1.85 bits per heavy atom. The van der Waals surface area contributed by atoms with Crippen LogP contribution in [0.15, 0.2) is 59.6 Å². The average molecular weight is 360 g/mol. The third kappa shape index (κ3) is 2.56. The molecule has 0 saturated carbocycles. The SMILES string of the molecule is O=C(C1Cc2cscc2C1)N1CCc2ccccc2C1c1cccnc1. The number of nitrogens with zero attached hydrogens (tertiary/aromatic N) is 2. The molecule has 2 aliphatic rings. The van der Waals surface area contributed by atoms with Gasteiger partial charge in [-0.3, -0.25) is 9.78 Å². The molecule has 0 N–H and O–H groups in total. The first-order valence-corrected chi connectivity index (χ1v) is 10.1. The summed E-state index contributed by atoms with van der Waals surface area (Å²) in [7, 11) is 0. The number of hydrogen-bond acceptors (Lipinski definition) is 3. The Hall–Kier alpha value is -2.46. The number of hydrogen-bond donors (Lipinski definition) is 0. The first-order valence-electron chi connectivity index (χ1n) is 9.13. The fourth-order valence-electron chi connectivity index (χ4n) is 4.42. The number of pyridine rings is 1. The fourth-order valence-corrected chi connectivity index (χ4v) is 5.31. The summed E-state index contributed by atoms with van der Waals surface area (Å²) in [6.45, 7) is 0.777. The molecule has 0 saturated heterocycles. The smallest absolute Gasteiger partial charge is 0.227 e. The highest BCUT2D eigenvalue weighted by molar-refractivity contribution is 7.08. The van der Waals surface area contributed by atoms with Gasteiger partial charge in [0.1, 0.15) is 0 Å². The van der Waals surface area contributed by atoms with Gasteiger partial charge in [0.05, 0.1) is 6.04 Å². The molecule has 3 nitrogen and oxygen atoms in total. The van der Waals surface area contributed by atoms with E-state index in [0.29, 0.717) is 0 Å². The molecular weight excluding hydrogens is 340 g/mol. The molecule has 26 heavy (non-hydrogen) atoms. The second kappa shape index (κ2) is 6.36. The Balaban J connectivity index is 1.51. The third-order valence-electron chi connectivity index (χ3n) is 5.68. The van der Waals surface area contributed by atoms with Crippen molar-refractivity contribution in [3.8, 4) is 0 Å². The summed E-state index contributed by atoms with van der Waals surface area (Å²) in [5, 5.41) is 4.40. The van der Waals surface area contributed by atoms with Crippen molar-refractivity contribution in [1.82, 2.24) is 9.88 Å². The van der Waals surface area contributed by atoms with Gasteiger partial charge in [-0.1, -0.05) is 30.3 Å². The third-order valence-corrected chi connectivity index (χ3v) is 6.52. The van der Waals surface area contributed by atoms with Crippen molar-refractivity contribution in [1.29, 1.82) is 0 Å². The van der Waals surface area contributed by atoms with Gasteiger partial charge >= 0.3 is 0 Å². The minimum Gasteiger partial charge on any atom is -0.331 e. The summed E-state index contributed by atoms with van der Waals surface area (Å²) in [6.07, 6.45) is 6.38. The average Bonchev–Trinajstić information content (AvgIpc) is 3.29. The molecule has 2 aromatic heterocycles. The second-order valence-corrected chi connectivity index (χ2v) is 7.94. The van der Waals surface area contributed by atoms with Crippen LogP contribution in [0.1, 0.15) is 33.9 Å². The van der Waals surface area contributed by atoms with E-state index in [-0.39, 0.29) is 17.9 Å². The molecule has 130 valence electrons. The Morgan fingerprint density at radius 3 is 2.62 bits per heavy atom. The van der Waals surface area contributed by atoms with Gasteiger partial charge in [-0.25, -0.2) is 0 Å². The number of thiophene rings is 1. The number of carbonyl (C=O) groups excluding carboxylic acids is 1. The fraction of sp³-hybridized carbons (Fsp3) is 0.273. The molecular formula is C22H20N2OS. The predicted molar refractivity (Wildman–Crippen MR) is 103 cm³/mol. The Labute approximate surface area is 157 Å². The molecule has 1 aliphatic heterocycles. The maximum absolute atomic E-state index is 13.5. The maximum Gasteiger partial charge on any atom is 0.227 e. The molecule has 3 heterocycles. The van der Waals surface area contributed by atoms with Crippen molar-refractivity contribution in [2.24, 2.45) is 5.92 Å². The molecule has 0 bridgehead atoms. The number of amides is 1. The van der Waals surface area contributed by atoms with Crippen LogP contribution in [0.4, 0.5) is 0 Å². The minimum atomic E-state index is -0.0288. The lowest BCUT2D eigenvalue weighted by atomic mass is 9.87. The van der Waals surface area contributed by atoms with E-state index in [1.165, 1.54) is 22.3 Å². The number of benzene rings is 1. The molecule has 1 aromatic carbocycles. The topological polar surface area (TPSA) is 33.2 Å². The highest BCUT2D eigenvalue weighted by Crippen LogP contribution is 2.38. The summed E-state index contributed by atoms with van der Waals surface area (Å²) < 4.78 is 0. The summed E-state index contributed by atoms with van der Waals surface area (Å²) in [4.78, 5) is 19.9. The van der Waals surface area contributed by atoms with Gasteiger partial charge in [0.15, 0.2) is 0 Å². The highest BCUT2D eigenvalue weighted by Gasteiger charge is 2.37. The van der Waals surface area contributed by atoms with Crippen molar-refractivity contribution in [2.75, 3.05) is 6.54 Å². The standard InChI is InChI=1S/C22H20N2OS/c25-22(17-10-18-13-26-14-19(18)11-17)24-9-7-15-4-1-2-6-20(15)21(24)16-5-3-8-23-12-16/h1-6,8,12-14,17,21H,7,9-11H2. The van der Waals surface area contributed by atoms with Gasteiger partial charge in [-0.2, -0.15) is 11.3 Å². The van der Waals surface area contributed by atoms with E-state index in [1.807, 2.05) is 12.3 Å². The molecule has 4 heteroatoms. The van der Waals surface area contributed by atoms with E-state index >= 15 is 0 Å². The zero-order valence-corrected chi connectivity index (χ0v) is 15.3. The molecule has 3 aromatic rings. The van der Waals surface area contributed by atoms with E-state index < -0.39 is 0 Å². The van der Waals surface area contributed by atoms with Crippen LogP contribution in [-0.4, -0.2) is 22.3 Å². The van der Waals surface area contributed by atoms with E-state index in [9.17, 15) is 4.79 Å². The zero-order valence-electron chi connectivity index (χ0n) is 14.5. The first-order chi connectivity index (χ1) is 12.8. The van der Waals surface area contributed by atoms with Gasteiger partial charge < -0.3 is 4.90 Å². The normalized spacial score (nSPS) is 19.2. The Bertz CT molecular complexity index is 929. The largest absolute Gasteiger partial charge is 0.331 e. The highest BCUT2D eigenvalue weighted by atomic mass is 32.1. The molecule has 0 radical (unpaired) electrons. The van der Waals surface area contributed by atoms with Crippen molar-refractivity contribution >= 4 is 17.2 Å². The van der Waals surface area contributed by atoms with Crippen LogP contribution in [0.25, 0.3) is 0 Å².